The van der Waals surface area contributed by atoms with E-state index in [1.165, 1.54) is 32.2 Å². The summed E-state index contributed by atoms with van der Waals surface area (Å²) in [4.78, 5) is 28.0. The van der Waals surface area contributed by atoms with Crippen LogP contribution in [0.25, 0.3) is 11.1 Å². The smallest absolute Gasteiger partial charge is 0.416 e. The number of allylic oxidation sites excluding steroid dienone is 1. The Morgan fingerprint density at radius 3 is 2.34 bits per heavy atom. The van der Waals surface area contributed by atoms with Crippen molar-refractivity contribution < 1.29 is 26.7 Å². The van der Waals surface area contributed by atoms with Crippen molar-refractivity contribution in [2.24, 2.45) is 0 Å². The van der Waals surface area contributed by atoms with E-state index in [-0.39, 0.29) is 29.1 Å². The highest BCUT2D eigenvalue weighted by Crippen LogP contribution is 2.34. The number of methoxy groups -OCH3 is 1. The predicted octanol–water partition coefficient (Wildman–Crippen LogP) is 6.64. The highest BCUT2D eigenvalue weighted by Gasteiger charge is 2.35. The first kappa shape index (κ1) is 32.4. The van der Waals surface area contributed by atoms with Crippen molar-refractivity contribution in [3.63, 3.8) is 0 Å². The normalized spacial score (nSPS) is 12.2. The number of nitrogens with zero attached hydrogens (tertiary/aromatic N) is 2. The molecule has 4 aromatic rings. The molecule has 0 aliphatic heterocycles. The summed E-state index contributed by atoms with van der Waals surface area (Å²) in [7, 11) is 1.24. The van der Waals surface area contributed by atoms with Crippen molar-refractivity contribution in [1.29, 1.82) is 0 Å². The van der Waals surface area contributed by atoms with Gasteiger partial charge in [0.25, 0.3) is 5.56 Å². The number of aromatic nitrogens is 2. The number of halogens is 5. The molecule has 1 aromatic heterocycles. The summed E-state index contributed by atoms with van der Waals surface area (Å²) in [5, 5.41) is 3.33. The first-order chi connectivity index (χ1) is 21.0. The molecule has 1 atom stereocenters. The Morgan fingerprint density at radius 2 is 1.68 bits per heavy atom. The van der Waals surface area contributed by atoms with E-state index in [2.05, 4.69) is 11.9 Å². The van der Waals surface area contributed by atoms with Gasteiger partial charge in [0.2, 0.25) is 0 Å². The Bertz CT molecular complexity index is 1750. The van der Waals surface area contributed by atoms with E-state index in [9.17, 15) is 27.2 Å². The van der Waals surface area contributed by atoms with E-state index in [4.69, 9.17) is 4.74 Å². The van der Waals surface area contributed by atoms with Crippen LogP contribution in [0, 0.1) is 18.6 Å². The van der Waals surface area contributed by atoms with Gasteiger partial charge in [-0.3, -0.25) is 13.9 Å². The Hall–Kier alpha value is -4.51. The Labute approximate surface area is 251 Å². The monoisotopic (exact) mass is 613 g/mol. The van der Waals surface area contributed by atoms with Crippen LogP contribution in [-0.4, -0.2) is 22.8 Å². The SMILES string of the molecule is C=CCCCN[C@@H](Cn1c(=O)c(-c2cccc(OC)c2F)c(C)n(Cc2c(F)cccc2C(F)(F)F)c1=O)c1ccccc1. The summed E-state index contributed by atoms with van der Waals surface area (Å²) in [6, 6.07) is 15.0. The molecule has 44 heavy (non-hydrogen) atoms. The van der Waals surface area contributed by atoms with Crippen LogP contribution < -0.4 is 21.3 Å². The minimum absolute atomic E-state index is 0.130. The summed E-state index contributed by atoms with van der Waals surface area (Å²) in [6.45, 7) is 4.44. The molecule has 1 heterocycles. The molecule has 6 nitrogen and oxygen atoms in total. The molecule has 0 fully saturated rings. The number of hydrogen-bond acceptors (Lipinski definition) is 4. The minimum atomic E-state index is -4.92. The lowest BCUT2D eigenvalue weighted by Crippen LogP contribution is -2.45. The predicted molar refractivity (Wildman–Crippen MR) is 159 cm³/mol. The largest absolute Gasteiger partial charge is 0.494 e. The van der Waals surface area contributed by atoms with E-state index in [1.54, 1.807) is 36.4 Å². The van der Waals surface area contributed by atoms with Crippen molar-refractivity contribution in [2.45, 2.75) is 45.1 Å². The fourth-order valence-corrected chi connectivity index (χ4v) is 5.14. The van der Waals surface area contributed by atoms with Gasteiger partial charge in [0, 0.05) is 16.8 Å². The van der Waals surface area contributed by atoms with Crippen molar-refractivity contribution in [3.8, 4) is 16.9 Å². The van der Waals surface area contributed by atoms with Gasteiger partial charge in [0.1, 0.15) is 5.82 Å². The first-order valence-corrected chi connectivity index (χ1v) is 13.9. The first-order valence-electron chi connectivity index (χ1n) is 13.9. The Kier molecular flexibility index (Phi) is 10.2. The van der Waals surface area contributed by atoms with Gasteiger partial charge in [0.05, 0.1) is 37.4 Å². The molecule has 4 rings (SSSR count). The van der Waals surface area contributed by atoms with Crippen LogP contribution in [0.5, 0.6) is 5.75 Å². The number of benzene rings is 3. The molecule has 3 aromatic carbocycles. The second kappa shape index (κ2) is 13.9. The molecule has 0 unspecified atom stereocenters. The molecular formula is C33H32F5N3O3. The van der Waals surface area contributed by atoms with Crippen molar-refractivity contribution in [2.75, 3.05) is 13.7 Å². The van der Waals surface area contributed by atoms with E-state index in [0.717, 1.165) is 39.3 Å². The topological polar surface area (TPSA) is 65.3 Å². The zero-order valence-electron chi connectivity index (χ0n) is 24.3. The Balaban J connectivity index is 1.97. The van der Waals surface area contributed by atoms with Crippen LogP contribution in [-0.2, 0) is 19.3 Å². The summed E-state index contributed by atoms with van der Waals surface area (Å²) in [6.07, 6.45) is -1.73. The number of hydrogen-bond donors (Lipinski definition) is 1. The zero-order chi connectivity index (χ0) is 32.0. The number of alkyl halides is 3. The van der Waals surface area contributed by atoms with Crippen LogP contribution in [0.3, 0.4) is 0 Å². The molecule has 0 bridgehead atoms. The maximum absolute atomic E-state index is 15.6. The number of ether oxygens (including phenoxy) is 1. The third-order valence-corrected chi connectivity index (χ3v) is 7.42. The van der Waals surface area contributed by atoms with Gasteiger partial charge in [-0.25, -0.2) is 13.6 Å². The average molecular weight is 614 g/mol. The van der Waals surface area contributed by atoms with Crippen LogP contribution in [0.4, 0.5) is 22.0 Å². The van der Waals surface area contributed by atoms with Crippen LogP contribution in [0.1, 0.15) is 41.3 Å². The maximum atomic E-state index is 15.6. The summed E-state index contributed by atoms with van der Waals surface area (Å²) >= 11 is 0. The number of unbranched alkanes of at least 4 members (excludes halogenated alkanes) is 1. The molecule has 1 N–H and O–H groups in total. The fraction of sp³-hybridized carbons (Fsp3) is 0.273. The van der Waals surface area contributed by atoms with Crippen LogP contribution in [0.2, 0.25) is 0 Å². The molecule has 0 saturated carbocycles. The quantitative estimate of drug-likeness (QED) is 0.111. The van der Waals surface area contributed by atoms with E-state index in [1.807, 2.05) is 0 Å². The molecular weight excluding hydrogens is 581 g/mol. The van der Waals surface area contributed by atoms with Gasteiger partial charge in [-0.15, -0.1) is 6.58 Å². The van der Waals surface area contributed by atoms with Gasteiger partial charge >= 0.3 is 11.9 Å². The van der Waals surface area contributed by atoms with Crippen LogP contribution in [0.15, 0.2) is 89.0 Å². The third-order valence-electron chi connectivity index (χ3n) is 7.42. The van der Waals surface area contributed by atoms with Crippen LogP contribution >= 0.6 is 0 Å². The second-order valence-corrected chi connectivity index (χ2v) is 10.2. The van der Waals surface area contributed by atoms with E-state index < -0.39 is 52.8 Å². The molecule has 232 valence electrons. The van der Waals surface area contributed by atoms with E-state index >= 15 is 4.39 Å². The zero-order valence-corrected chi connectivity index (χ0v) is 24.3. The Morgan fingerprint density at radius 1 is 0.977 bits per heavy atom. The van der Waals surface area contributed by atoms with Gasteiger partial charge in [0.15, 0.2) is 11.6 Å². The van der Waals surface area contributed by atoms with Crippen molar-refractivity contribution in [1.82, 2.24) is 14.5 Å². The molecule has 0 amide bonds. The summed E-state index contributed by atoms with van der Waals surface area (Å²) < 4.78 is 79.0. The van der Waals surface area contributed by atoms with Crippen molar-refractivity contribution >= 4 is 0 Å². The molecule has 0 spiro atoms. The average Bonchev–Trinajstić information content (AvgIpc) is 3.00. The third kappa shape index (κ3) is 6.83. The standard InChI is InChI=1S/C33H32F5N3O3/c1-4-5-9-18-39-27(22-12-7-6-8-13-22)20-41-31(42)29(23-14-10-17-28(44-3)30(23)35)21(2)40(32(41)43)19-24-25(33(36,37)38)15-11-16-26(24)34/h4,6-8,10-17,27,39H,1,5,9,18-20H2,2-3H3/t27-/m0/s1. The lowest BCUT2D eigenvalue weighted by atomic mass is 10.0. The van der Waals surface area contributed by atoms with Crippen molar-refractivity contribution in [3.05, 3.63) is 134 Å². The maximum Gasteiger partial charge on any atom is 0.416 e. The summed E-state index contributed by atoms with van der Waals surface area (Å²) in [5.41, 5.74) is -3.73. The highest BCUT2D eigenvalue weighted by molar-refractivity contribution is 5.67. The van der Waals surface area contributed by atoms with Gasteiger partial charge in [-0.2, -0.15) is 13.2 Å². The van der Waals surface area contributed by atoms with E-state index in [0.29, 0.717) is 13.0 Å². The minimum Gasteiger partial charge on any atom is -0.494 e. The van der Waals surface area contributed by atoms with Gasteiger partial charge < -0.3 is 10.1 Å². The lowest BCUT2D eigenvalue weighted by Gasteiger charge is -2.23. The van der Waals surface area contributed by atoms with Gasteiger partial charge in [-0.05, 0) is 50.1 Å². The second-order valence-electron chi connectivity index (χ2n) is 10.2. The molecule has 0 radical (unpaired) electrons. The highest BCUT2D eigenvalue weighted by atomic mass is 19.4. The number of rotatable bonds is 12. The lowest BCUT2D eigenvalue weighted by molar-refractivity contribution is -0.138. The molecule has 0 aliphatic carbocycles. The molecule has 0 aliphatic rings. The molecule has 11 heteroatoms. The summed E-state index contributed by atoms with van der Waals surface area (Å²) in [5.74, 6) is -2.25. The number of nitrogens with one attached hydrogen (secondary N) is 1. The molecule has 0 saturated heterocycles. The van der Waals surface area contributed by atoms with Gasteiger partial charge in [-0.1, -0.05) is 54.6 Å². The fourth-order valence-electron chi connectivity index (χ4n) is 5.14.